The molecule has 116 valence electrons. The molecule has 2 atom stereocenters. The third-order valence-corrected chi connectivity index (χ3v) is 3.76. The Hall–Kier alpha value is -1.79. The van der Waals surface area contributed by atoms with Gasteiger partial charge < -0.3 is 11.1 Å². The van der Waals surface area contributed by atoms with Crippen molar-refractivity contribution in [3.8, 4) is 0 Å². The molecule has 1 aromatic carbocycles. The second-order valence-electron chi connectivity index (χ2n) is 5.33. The second kappa shape index (κ2) is 5.91. The lowest BCUT2D eigenvalue weighted by molar-refractivity contribution is -0.185. The first-order valence-electron chi connectivity index (χ1n) is 6.70. The molecule has 1 aromatic rings. The normalized spacial score (nSPS) is 22.9. The number of carbonyl (C=O) groups excluding carboxylic acids is 1. The summed E-state index contributed by atoms with van der Waals surface area (Å²) in [4.78, 5) is 12.0. The molecule has 3 nitrogen and oxygen atoms in total. The van der Waals surface area contributed by atoms with E-state index in [-0.39, 0.29) is 24.2 Å². The highest BCUT2D eigenvalue weighted by Crippen LogP contribution is 2.40. The molecule has 1 aliphatic rings. The largest absolute Gasteiger partial charge is 0.399 e. The Kier molecular flexibility index (Phi) is 4.39. The van der Waals surface area contributed by atoms with Crippen LogP contribution in [0.4, 0.5) is 28.9 Å². The number of halogens is 4. The van der Waals surface area contributed by atoms with Gasteiger partial charge in [-0.1, -0.05) is 6.42 Å². The highest BCUT2D eigenvalue weighted by molar-refractivity contribution is 5.93. The summed E-state index contributed by atoms with van der Waals surface area (Å²) in [7, 11) is 0. The minimum atomic E-state index is -4.29. The number of nitrogens with two attached hydrogens (primary N) is 1. The predicted molar refractivity (Wildman–Crippen MR) is 70.9 cm³/mol. The number of benzene rings is 1. The van der Waals surface area contributed by atoms with E-state index in [4.69, 9.17) is 5.73 Å². The standard InChI is InChI=1S/C14H16F4N2O/c15-11-5-4-10(19)7-12(11)20-13(21)8-2-1-3-9(6-8)14(16,17)18/h4-5,7-9H,1-3,6,19H2,(H,20,21). The Morgan fingerprint density at radius 2 is 2.00 bits per heavy atom. The first-order valence-corrected chi connectivity index (χ1v) is 6.70. The molecule has 0 aliphatic heterocycles. The molecule has 0 aromatic heterocycles. The zero-order valence-corrected chi connectivity index (χ0v) is 11.2. The Morgan fingerprint density at radius 1 is 1.29 bits per heavy atom. The fraction of sp³-hybridized carbons (Fsp3) is 0.500. The van der Waals surface area contributed by atoms with Crippen LogP contribution in [0.1, 0.15) is 25.7 Å². The lowest BCUT2D eigenvalue weighted by atomic mass is 9.80. The van der Waals surface area contributed by atoms with E-state index in [0.29, 0.717) is 12.8 Å². The van der Waals surface area contributed by atoms with Gasteiger partial charge in [-0.05, 0) is 37.5 Å². The highest BCUT2D eigenvalue weighted by atomic mass is 19.4. The van der Waals surface area contributed by atoms with Crippen LogP contribution in [-0.2, 0) is 4.79 Å². The lowest BCUT2D eigenvalue weighted by Gasteiger charge is -2.29. The molecular formula is C14H16F4N2O. The van der Waals surface area contributed by atoms with Gasteiger partial charge in [0.05, 0.1) is 11.6 Å². The fourth-order valence-corrected chi connectivity index (χ4v) is 2.60. The van der Waals surface area contributed by atoms with E-state index < -0.39 is 29.7 Å². The van der Waals surface area contributed by atoms with E-state index in [1.807, 2.05) is 0 Å². The van der Waals surface area contributed by atoms with Crippen molar-refractivity contribution in [3.05, 3.63) is 24.0 Å². The van der Waals surface area contributed by atoms with Crippen molar-refractivity contribution >= 4 is 17.3 Å². The van der Waals surface area contributed by atoms with Crippen molar-refractivity contribution in [2.24, 2.45) is 11.8 Å². The topological polar surface area (TPSA) is 55.1 Å². The van der Waals surface area contributed by atoms with Gasteiger partial charge in [0.15, 0.2) is 0 Å². The number of alkyl halides is 3. The van der Waals surface area contributed by atoms with Crippen LogP contribution < -0.4 is 11.1 Å². The molecule has 1 saturated carbocycles. The van der Waals surface area contributed by atoms with Crippen molar-refractivity contribution in [2.45, 2.75) is 31.9 Å². The van der Waals surface area contributed by atoms with Crippen molar-refractivity contribution in [2.75, 3.05) is 11.1 Å². The maximum atomic E-state index is 13.5. The number of nitrogens with one attached hydrogen (secondary N) is 1. The summed E-state index contributed by atoms with van der Waals surface area (Å²) in [6.07, 6.45) is -3.79. The molecule has 0 bridgehead atoms. The van der Waals surface area contributed by atoms with E-state index in [1.165, 1.54) is 12.1 Å². The van der Waals surface area contributed by atoms with Crippen molar-refractivity contribution in [1.29, 1.82) is 0 Å². The Bertz CT molecular complexity index is 530. The van der Waals surface area contributed by atoms with Crippen LogP contribution in [-0.4, -0.2) is 12.1 Å². The molecule has 3 N–H and O–H groups in total. The van der Waals surface area contributed by atoms with Crippen LogP contribution in [0.2, 0.25) is 0 Å². The van der Waals surface area contributed by atoms with Crippen LogP contribution >= 0.6 is 0 Å². The average molecular weight is 304 g/mol. The SMILES string of the molecule is Nc1ccc(F)c(NC(=O)C2CCCC(C(F)(F)F)C2)c1. The van der Waals surface area contributed by atoms with E-state index >= 15 is 0 Å². The molecule has 2 rings (SSSR count). The zero-order valence-electron chi connectivity index (χ0n) is 11.2. The molecule has 1 aliphatic carbocycles. The van der Waals surface area contributed by atoms with Gasteiger partial charge in [-0.2, -0.15) is 13.2 Å². The lowest BCUT2D eigenvalue weighted by Crippen LogP contribution is -2.34. The monoisotopic (exact) mass is 304 g/mol. The molecule has 0 heterocycles. The van der Waals surface area contributed by atoms with Gasteiger partial charge in [0.25, 0.3) is 0 Å². The number of rotatable bonds is 2. The van der Waals surface area contributed by atoms with Crippen LogP contribution in [0, 0.1) is 17.7 Å². The van der Waals surface area contributed by atoms with E-state index in [0.717, 1.165) is 6.07 Å². The van der Waals surface area contributed by atoms with Crippen LogP contribution in [0.3, 0.4) is 0 Å². The van der Waals surface area contributed by atoms with Gasteiger partial charge in [-0.3, -0.25) is 4.79 Å². The molecule has 0 saturated heterocycles. The quantitative estimate of drug-likeness (QED) is 0.646. The van der Waals surface area contributed by atoms with Crippen molar-refractivity contribution in [1.82, 2.24) is 0 Å². The van der Waals surface area contributed by atoms with Gasteiger partial charge >= 0.3 is 6.18 Å². The maximum Gasteiger partial charge on any atom is 0.391 e. The Labute approximate surface area is 119 Å². The number of nitrogen functional groups attached to an aromatic ring is 1. The summed E-state index contributed by atoms with van der Waals surface area (Å²) in [5.41, 5.74) is 5.66. The molecule has 21 heavy (non-hydrogen) atoms. The number of carbonyl (C=O) groups is 1. The molecule has 7 heteroatoms. The Morgan fingerprint density at radius 3 is 2.67 bits per heavy atom. The molecular weight excluding hydrogens is 288 g/mol. The zero-order chi connectivity index (χ0) is 15.6. The van der Waals surface area contributed by atoms with E-state index in [2.05, 4.69) is 5.32 Å². The van der Waals surface area contributed by atoms with Gasteiger partial charge in [-0.25, -0.2) is 4.39 Å². The maximum absolute atomic E-state index is 13.5. The minimum absolute atomic E-state index is 0.0416. The van der Waals surface area contributed by atoms with Gasteiger partial charge in [0, 0.05) is 11.6 Å². The third kappa shape index (κ3) is 3.86. The van der Waals surface area contributed by atoms with Gasteiger partial charge in [0.2, 0.25) is 5.91 Å². The van der Waals surface area contributed by atoms with E-state index in [1.54, 1.807) is 0 Å². The minimum Gasteiger partial charge on any atom is -0.399 e. The molecule has 0 radical (unpaired) electrons. The number of amides is 1. The fourth-order valence-electron chi connectivity index (χ4n) is 2.60. The predicted octanol–water partition coefficient (Wildman–Crippen LogP) is 3.72. The summed E-state index contributed by atoms with van der Waals surface area (Å²) in [5, 5.41) is 2.33. The number of hydrogen-bond donors (Lipinski definition) is 2. The molecule has 1 amide bonds. The smallest absolute Gasteiger partial charge is 0.391 e. The van der Waals surface area contributed by atoms with Crippen molar-refractivity contribution < 1.29 is 22.4 Å². The second-order valence-corrected chi connectivity index (χ2v) is 5.33. The summed E-state index contributed by atoms with van der Waals surface area (Å²) in [6, 6.07) is 3.69. The van der Waals surface area contributed by atoms with Crippen molar-refractivity contribution in [3.63, 3.8) is 0 Å². The number of anilines is 2. The highest BCUT2D eigenvalue weighted by Gasteiger charge is 2.43. The Balaban J connectivity index is 2.04. The molecule has 2 unspecified atom stereocenters. The number of hydrogen-bond acceptors (Lipinski definition) is 2. The summed E-state index contributed by atoms with van der Waals surface area (Å²) in [5.74, 6) is -3.48. The first-order chi connectivity index (χ1) is 9.77. The summed E-state index contributed by atoms with van der Waals surface area (Å²) in [6.45, 7) is 0. The molecule has 1 fully saturated rings. The van der Waals surface area contributed by atoms with E-state index in [9.17, 15) is 22.4 Å². The summed E-state index contributed by atoms with van der Waals surface area (Å²) >= 11 is 0. The van der Waals surface area contributed by atoms with Crippen LogP contribution in [0.15, 0.2) is 18.2 Å². The van der Waals surface area contributed by atoms with Crippen LogP contribution in [0.5, 0.6) is 0 Å². The van der Waals surface area contributed by atoms with Crippen LogP contribution in [0.25, 0.3) is 0 Å². The first kappa shape index (κ1) is 15.6. The summed E-state index contributed by atoms with van der Waals surface area (Å²) < 4.78 is 51.7. The third-order valence-electron chi connectivity index (χ3n) is 3.76. The van der Waals surface area contributed by atoms with Gasteiger partial charge in [-0.15, -0.1) is 0 Å². The molecule has 0 spiro atoms. The van der Waals surface area contributed by atoms with Gasteiger partial charge in [0.1, 0.15) is 5.82 Å². The average Bonchev–Trinajstić information content (AvgIpc) is 2.42.